The van der Waals surface area contributed by atoms with E-state index in [1.807, 2.05) is 33.0 Å². The first-order valence-corrected chi connectivity index (χ1v) is 9.40. The summed E-state index contributed by atoms with van der Waals surface area (Å²) in [4.78, 5) is 42.4. The van der Waals surface area contributed by atoms with Crippen LogP contribution in [-0.2, 0) is 6.54 Å². The van der Waals surface area contributed by atoms with Gasteiger partial charge in [-0.1, -0.05) is 0 Å². The van der Waals surface area contributed by atoms with E-state index in [4.69, 9.17) is 0 Å². The zero-order chi connectivity index (χ0) is 18.8. The Kier molecular flexibility index (Phi) is 5.38. The summed E-state index contributed by atoms with van der Waals surface area (Å²) < 4.78 is 0. The molecule has 2 aromatic heterocycles. The molecular weight excluding hydrogens is 352 g/mol. The average Bonchev–Trinajstić information content (AvgIpc) is 3.22. The van der Waals surface area contributed by atoms with Gasteiger partial charge in [0.05, 0.1) is 16.9 Å². The third-order valence-electron chi connectivity index (χ3n) is 4.63. The fraction of sp³-hybridized carbons (Fsp3) is 0.529. The van der Waals surface area contributed by atoms with Gasteiger partial charge in [0.15, 0.2) is 0 Å². The summed E-state index contributed by atoms with van der Waals surface area (Å²) in [5.74, 6) is 0.606. The molecule has 1 atom stereocenters. The second-order valence-corrected chi connectivity index (χ2v) is 7.69. The molecule has 0 aromatic carbocycles. The molecule has 1 N–H and O–H groups in total. The fourth-order valence-corrected chi connectivity index (χ4v) is 3.88. The lowest BCUT2D eigenvalue weighted by Crippen LogP contribution is -2.36. The van der Waals surface area contributed by atoms with E-state index in [1.165, 1.54) is 17.4 Å². The number of thiazole rings is 1. The van der Waals surface area contributed by atoms with Crippen LogP contribution < -0.4 is 10.5 Å². The van der Waals surface area contributed by atoms with Crippen molar-refractivity contribution >= 4 is 23.2 Å². The summed E-state index contributed by atoms with van der Waals surface area (Å²) in [7, 11) is 5.69. The van der Waals surface area contributed by atoms with Crippen LogP contribution in [0.5, 0.6) is 0 Å². The number of nitrogens with zero attached hydrogens (tertiary/aromatic N) is 5. The second-order valence-electron chi connectivity index (χ2n) is 6.83. The van der Waals surface area contributed by atoms with Gasteiger partial charge in [0.2, 0.25) is 5.95 Å². The van der Waals surface area contributed by atoms with E-state index in [0.717, 1.165) is 29.2 Å². The Bertz CT molecular complexity index is 846. The lowest BCUT2D eigenvalue weighted by Gasteiger charge is -2.24. The highest BCUT2D eigenvalue weighted by Crippen LogP contribution is 2.21. The number of carbonyl (C=O) groups excluding carboxylic acids is 1. The second kappa shape index (κ2) is 7.55. The minimum absolute atomic E-state index is 0.0603. The number of hydrogen-bond donors (Lipinski definition) is 1. The third kappa shape index (κ3) is 3.94. The smallest absolute Gasteiger partial charge is 0.265 e. The molecule has 1 saturated heterocycles. The van der Waals surface area contributed by atoms with Crippen molar-refractivity contribution in [2.45, 2.75) is 25.9 Å². The molecule has 0 spiro atoms. The van der Waals surface area contributed by atoms with E-state index in [1.54, 1.807) is 10.4 Å². The van der Waals surface area contributed by atoms with Gasteiger partial charge in [-0.05, 0) is 20.4 Å². The van der Waals surface area contributed by atoms with E-state index in [9.17, 15) is 9.59 Å². The van der Waals surface area contributed by atoms with Crippen LogP contribution in [0, 0.1) is 6.92 Å². The molecule has 0 radical (unpaired) electrons. The molecular formula is C17H24N6O2S. The standard InChI is InChI=1S/C17H24N6O2S/c1-11-15(26-10-18-11)16(25)23-6-5-13(9-23)22(4)8-12-7-14(24)20-17(19-12)21(2)3/h7,10,13H,5-6,8-9H2,1-4H3,(H,19,20,24)/t13-/m1/s1. The Morgan fingerprint density at radius 1 is 1.42 bits per heavy atom. The number of aryl methyl sites for hydroxylation is 1. The van der Waals surface area contributed by atoms with Crippen molar-refractivity contribution in [3.05, 3.63) is 38.2 Å². The Balaban J connectivity index is 1.65. The number of carbonyl (C=O) groups is 1. The molecule has 1 amide bonds. The van der Waals surface area contributed by atoms with Gasteiger partial charge in [0.25, 0.3) is 11.5 Å². The Labute approximate surface area is 156 Å². The number of amides is 1. The van der Waals surface area contributed by atoms with Crippen molar-refractivity contribution in [3.8, 4) is 0 Å². The number of anilines is 1. The molecule has 1 aliphatic rings. The van der Waals surface area contributed by atoms with Crippen LogP contribution in [-0.4, -0.2) is 70.9 Å². The molecule has 8 nitrogen and oxygen atoms in total. The molecule has 3 rings (SSSR count). The highest BCUT2D eigenvalue weighted by atomic mass is 32.1. The summed E-state index contributed by atoms with van der Waals surface area (Å²) in [5, 5.41) is 0. The van der Waals surface area contributed by atoms with Gasteiger partial charge in [0.1, 0.15) is 4.88 Å². The topological polar surface area (TPSA) is 85.4 Å². The average molecular weight is 376 g/mol. The highest BCUT2D eigenvalue weighted by molar-refractivity contribution is 7.11. The van der Waals surface area contributed by atoms with Crippen molar-refractivity contribution in [3.63, 3.8) is 0 Å². The molecule has 0 unspecified atom stereocenters. The van der Waals surface area contributed by atoms with Gasteiger partial charge >= 0.3 is 0 Å². The fourth-order valence-electron chi connectivity index (χ4n) is 3.11. The zero-order valence-electron chi connectivity index (χ0n) is 15.5. The van der Waals surface area contributed by atoms with Gasteiger partial charge in [0, 0.05) is 45.8 Å². The van der Waals surface area contributed by atoms with Crippen molar-refractivity contribution in [1.82, 2.24) is 24.8 Å². The first-order valence-electron chi connectivity index (χ1n) is 8.52. The lowest BCUT2D eigenvalue weighted by molar-refractivity contribution is 0.0783. The number of hydrogen-bond acceptors (Lipinski definition) is 7. The maximum Gasteiger partial charge on any atom is 0.265 e. The van der Waals surface area contributed by atoms with Crippen molar-refractivity contribution in [2.24, 2.45) is 0 Å². The van der Waals surface area contributed by atoms with Crippen LogP contribution in [0.2, 0.25) is 0 Å². The summed E-state index contributed by atoms with van der Waals surface area (Å²) in [6.45, 7) is 3.84. The minimum Gasteiger partial charge on any atom is -0.348 e. The molecule has 0 saturated carbocycles. The maximum absolute atomic E-state index is 12.6. The third-order valence-corrected chi connectivity index (χ3v) is 5.55. The Morgan fingerprint density at radius 2 is 2.19 bits per heavy atom. The highest BCUT2D eigenvalue weighted by Gasteiger charge is 2.30. The van der Waals surface area contributed by atoms with E-state index in [0.29, 0.717) is 19.0 Å². The van der Waals surface area contributed by atoms with Gasteiger partial charge in [-0.3, -0.25) is 19.5 Å². The van der Waals surface area contributed by atoms with Crippen LogP contribution in [0.4, 0.5) is 5.95 Å². The lowest BCUT2D eigenvalue weighted by atomic mass is 10.2. The molecule has 140 valence electrons. The van der Waals surface area contributed by atoms with Crippen molar-refractivity contribution in [1.29, 1.82) is 0 Å². The summed E-state index contributed by atoms with van der Waals surface area (Å²) in [6, 6.07) is 1.78. The Morgan fingerprint density at radius 3 is 2.85 bits per heavy atom. The number of nitrogens with one attached hydrogen (secondary N) is 1. The van der Waals surface area contributed by atoms with Crippen LogP contribution in [0.15, 0.2) is 16.4 Å². The minimum atomic E-state index is -0.156. The molecule has 1 fully saturated rings. The Hall–Kier alpha value is -2.26. The monoisotopic (exact) mass is 376 g/mol. The van der Waals surface area contributed by atoms with E-state index < -0.39 is 0 Å². The number of aromatic nitrogens is 3. The number of aromatic amines is 1. The predicted molar refractivity (Wildman–Crippen MR) is 102 cm³/mol. The van der Waals surface area contributed by atoms with Crippen LogP contribution >= 0.6 is 11.3 Å². The SMILES string of the molecule is Cc1ncsc1C(=O)N1CC[C@@H](N(C)Cc2cc(=O)[nH]c(N(C)C)n2)C1. The van der Waals surface area contributed by atoms with Crippen molar-refractivity contribution < 1.29 is 4.79 Å². The van der Waals surface area contributed by atoms with Crippen molar-refractivity contribution in [2.75, 3.05) is 39.1 Å². The van der Waals surface area contributed by atoms with Crippen LogP contribution in [0.1, 0.15) is 27.5 Å². The van der Waals surface area contributed by atoms with Gasteiger partial charge < -0.3 is 9.80 Å². The number of rotatable bonds is 5. The summed E-state index contributed by atoms with van der Waals surface area (Å²) >= 11 is 1.39. The molecule has 9 heteroatoms. The number of likely N-dealkylation sites (N-methyl/N-ethyl adjacent to an activating group) is 1. The molecule has 0 aliphatic carbocycles. The largest absolute Gasteiger partial charge is 0.348 e. The first kappa shape index (κ1) is 18.5. The summed E-state index contributed by atoms with van der Waals surface area (Å²) in [6.07, 6.45) is 0.907. The normalized spacial score (nSPS) is 17.1. The number of likely N-dealkylation sites (tertiary alicyclic amines) is 1. The first-order chi connectivity index (χ1) is 12.3. The maximum atomic E-state index is 12.6. The molecule has 1 aliphatic heterocycles. The number of H-pyrrole nitrogens is 1. The molecule has 0 bridgehead atoms. The van der Waals surface area contributed by atoms with E-state index in [-0.39, 0.29) is 17.5 Å². The van der Waals surface area contributed by atoms with E-state index in [2.05, 4.69) is 19.9 Å². The van der Waals surface area contributed by atoms with Gasteiger partial charge in [-0.2, -0.15) is 0 Å². The predicted octanol–water partition coefficient (Wildman–Crippen LogP) is 0.947. The molecule has 3 heterocycles. The van der Waals surface area contributed by atoms with Crippen LogP contribution in [0.25, 0.3) is 0 Å². The quantitative estimate of drug-likeness (QED) is 0.836. The molecule has 26 heavy (non-hydrogen) atoms. The summed E-state index contributed by atoms with van der Waals surface area (Å²) in [5.41, 5.74) is 3.07. The van der Waals surface area contributed by atoms with Crippen LogP contribution in [0.3, 0.4) is 0 Å². The molecule has 2 aromatic rings. The van der Waals surface area contributed by atoms with Gasteiger partial charge in [-0.25, -0.2) is 9.97 Å². The zero-order valence-corrected chi connectivity index (χ0v) is 16.3. The van der Waals surface area contributed by atoms with E-state index >= 15 is 0 Å². The van der Waals surface area contributed by atoms with Gasteiger partial charge in [-0.15, -0.1) is 11.3 Å².